The van der Waals surface area contributed by atoms with Crippen molar-refractivity contribution >= 4 is 5.78 Å². The summed E-state index contributed by atoms with van der Waals surface area (Å²) in [6.45, 7) is 5.85. The molecule has 3 saturated carbocycles. The van der Waals surface area contributed by atoms with E-state index in [1.54, 1.807) is 0 Å². The number of fused-ring (bicyclic) bond motifs is 6. The summed E-state index contributed by atoms with van der Waals surface area (Å²) in [5.74, 6) is 0.909. The normalized spacial score (nSPS) is 51.0. The van der Waals surface area contributed by atoms with E-state index in [2.05, 4.69) is 19.9 Å². The Hall–Kier alpha value is -0.710. The van der Waals surface area contributed by atoms with E-state index in [0.717, 1.165) is 38.5 Å². The SMILES string of the molecule is C[C@]12CC[C@H](O)CC1=CC[C@@H]1[C@@H]2C(=O)C[C@@]2(C)[C@H]1CCC21OCCO1. The molecule has 4 fully saturated rings. The van der Waals surface area contributed by atoms with Crippen molar-refractivity contribution in [3.05, 3.63) is 11.6 Å². The van der Waals surface area contributed by atoms with Crippen LogP contribution in [-0.4, -0.2) is 36.0 Å². The minimum absolute atomic E-state index is 0.0479. The fraction of sp³-hybridized carbons (Fsp3) is 0.857. The summed E-state index contributed by atoms with van der Waals surface area (Å²) in [7, 11) is 0. The maximum atomic E-state index is 13.5. The molecule has 6 atom stereocenters. The van der Waals surface area contributed by atoms with Gasteiger partial charge in [0.2, 0.25) is 0 Å². The molecule has 0 aromatic rings. The van der Waals surface area contributed by atoms with Crippen molar-refractivity contribution in [2.75, 3.05) is 13.2 Å². The molecule has 1 spiro atoms. The van der Waals surface area contributed by atoms with Crippen molar-refractivity contribution < 1.29 is 19.4 Å². The molecule has 1 aliphatic heterocycles. The third kappa shape index (κ3) is 1.97. The summed E-state index contributed by atoms with van der Waals surface area (Å²) in [5.41, 5.74) is 1.11. The molecule has 25 heavy (non-hydrogen) atoms. The fourth-order valence-electron chi connectivity index (χ4n) is 7.35. The van der Waals surface area contributed by atoms with Crippen LogP contribution in [0.25, 0.3) is 0 Å². The Kier molecular flexibility index (Phi) is 3.41. The van der Waals surface area contributed by atoms with Gasteiger partial charge in [0.05, 0.1) is 19.3 Å². The summed E-state index contributed by atoms with van der Waals surface area (Å²) >= 11 is 0. The molecule has 1 N–H and O–H groups in total. The van der Waals surface area contributed by atoms with Gasteiger partial charge in [0, 0.05) is 24.2 Å². The Morgan fingerprint density at radius 2 is 1.92 bits per heavy atom. The number of aliphatic hydroxyl groups excluding tert-OH is 1. The molecule has 1 heterocycles. The number of rotatable bonds is 0. The molecule has 1 saturated heterocycles. The molecular formula is C21H30O4. The molecule has 0 radical (unpaired) electrons. The quantitative estimate of drug-likeness (QED) is 0.684. The van der Waals surface area contributed by atoms with Gasteiger partial charge >= 0.3 is 0 Å². The van der Waals surface area contributed by atoms with Crippen molar-refractivity contribution in [3.8, 4) is 0 Å². The molecular weight excluding hydrogens is 316 g/mol. The summed E-state index contributed by atoms with van der Waals surface area (Å²) < 4.78 is 12.2. The topological polar surface area (TPSA) is 55.8 Å². The van der Waals surface area contributed by atoms with Crippen LogP contribution in [-0.2, 0) is 14.3 Å². The summed E-state index contributed by atoms with van der Waals surface area (Å²) in [6, 6.07) is 0. The van der Waals surface area contributed by atoms with Gasteiger partial charge in [-0.25, -0.2) is 0 Å². The van der Waals surface area contributed by atoms with Crippen LogP contribution in [0.1, 0.15) is 58.8 Å². The van der Waals surface area contributed by atoms with Gasteiger partial charge < -0.3 is 14.6 Å². The Balaban J connectivity index is 1.54. The minimum Gasteiger partial charge on any atom is -0.393 e. The van der Waals surface area contributed by atoms with Crippen LogP contribution < -0.4 is 0 Å². The summed E-state index contributed by atoms with van der Waals surface area (Å²) in [6.07, 6.45) is 8.25. The van der Waals surface area contributed by atoms with Crippen molar-refractivity contribution in [1.29, 1.82) is 0 Å². The molecule has 0 unspecified atom stereocenters. The standard InChI is InChI=1S/C21H30O4/c1-19-7-5-14(22)11-13(19)3-4-15-16-6-8-21(24-9-10-25-21)20(16,2)12-17(23)18(15)19/h3,14-16,18,22H,4-12H2,1-2H3/t14-,15-,16-,18+,19-,20-/m0/s1. The number of hydrogen-bond donors (Lipinski definition) is 1. The highest BCUT2D eigenvalue weighted by molar-refractivity contribution is 5.85. The van der Waals surface area contributed by atoms with Gasteiger partial charge in [0.25, 0.3) is 0 Å². The molecule has 5 rings (SSSR count). The van der Waals surface area contributed by atoms with Crippen LogP contribution in [0, 0.1) is 28.6 Å². The smallest absolute Gasteiger partial charge is 0.174 e. The fourth-order valence-corrected chi connectivity index (χ4v) is 7.35. The van der Waals surface area contributed by atoms with E-state index in [-0.39, 0.29) is 22.9 Å². The lowest BCUT2D eigenvalue weighted by atomic mass is 9.47. The minimum atomic E-state index is -0.522. The first-order valence-electron chi connectivity index (χ1n) is 10.1. The molecule has 0 aromatic carbocycles. The van der Waals surface area contributed by atoms with Crippen molar-refractivity contribution in [3.63, 3.8) is 0 Å². The highest BCUT2D eigenvalue weighted by Crippen LogP contribution is 2.67. The van der Waals surface area contributed by atoms with Gasteiger partial charge in [0.15, 0.2) is 5.79 Å². The summed E-state index contributed by atoms with van der Waals surface area (Å²) in [4.78, 5) is 13.5. The lowest BCUT2D eigenvalue weighted by Gasteiger charge is -2.57. The molecule has 0 amide bonds. The molecule has 4 nitrogen and oxygen atoms in total. The molecule has 0 aromatic heterocycles. The number of carbonyl (C=O) groups excluding carboxylic acids is 1. The van der Waals surface area contributed by atoms with E-state index in [1.165, 1.54) is 5.57 Å². The lowest BCUT2D eigenvalue weighted by Crippen LogP contribution is -2.58. The van der Waals surface area contributed by atoms with E-state index < -0.39 is 5.79 Å². The second-order valence-electron chi connectivity index (χ2n) is 9.58. The Morgan fingerprint density at radius 1 is 1.16 bits per heavy atom. The molecule has 5 aliphatic rings. The number of aliphatic hydroxyl groups is 1. The number of hydrogen-bond acceptors (Lipinski definition) is 4. The number of ether oxygens (including phenoxy) is 2. The summed E-state index contributed by atoms with van der Waals surface area (Å²) in [5, 5.41) is 10.1. The number of Topliss-reactive ketones (excluding diaryl/α,β-unsaturated/α-hetero) is 1. The molecule has 138 valence electrons. The van der Waals surface area contributed by atoms with E-state index in [9.17, 15) is 9.90 Å². The molecule has 0 bridgehead atoms. The highest BCUT2D eigenvalue weighted by Gasteiger charge is 2.68. The average molecular weight is 346 g/mol. The zero-order valence-corrected chi connectivity index (χ0v) is 15.4. The van der Waals surface area contributed by atoms with Gasteiger partial charge in [-0.3, -0.25) is 4.79 Å². The van der Waals surface area contributed by atoms with Crippen LogP contribution in [0.3, 0.4) is 0 Å². The Morgan fingerprint density at radius 3 is 2.68 bits per heavy atom. The average Bonchev–Trinajstić information content (AvgIpc) is 3.15. The molecule has 4 heteroatoms. The van der Waals surface area contributed by atoms with Crippen LogP contribution in [0.2, 0.25) is 0 Å². The monoisotopic (exact) mass is 346 g/mol. The largest absolute Gasteiger partial charge is 0.393 e. The second-order valence-corrected chi connectivity index (χ2v) is 9.58. The van der Waals surface area contributed by atoms with Gasteiger partial charge in [0.1, 0.15) is 5.78 Å². The third-order valence-corrected chi connectivity index (χ3v) is 8.57. The number of ketones is 1. The molecule has 4 aliphatic carbocycles. The van der Waals surface area contributed by atoms with E-state index >= 15 is 0 Å². The van der Waals surface area contributed by atoms with Gasteiger partial charge in [-0.05, 0) is 49.4 Å². The highest BCUT2D eigenvalue weighted by atomic mass is 16.7. The maximum Gasteiger partial charge on any atom is 0.174 e. The van der Waals surface area contributed by atoms with Crippen molar-refractivity contribution in [1.82, 2.24) is 0 Å². The Labute approximate surface area is 150 Å². The first-order valence-corrected chi connectivity index (χ1v) is 10.1. The van der Waals surface area contributed by atoms with Crippen LogP contribution in [0.5, 0.6) is 0 Å². The van der Waals surface area contributed by atoms with Crippen LogP contribution in [0.4, 0.5) is 0 Å². The van der Waals surface area contributed by atoms with E-state index in [0.29, 0.717) is 37.3 Å². The van der Waals surface area contributed by atoms with Crippen molar-refractivity contribution in [2.24, 2.45) is 28.6 Å². The van der Waals surface area contributed by atoms with Gasteiger partial charge in [-0.2, -0.15) is 0 Å². The second kappa shape index (κ2) is 5.17. The zero-order valence-electron chi connectivity index (χ0n) is 15.4. The van der Waals surface area contributed by atoms with Crippen LogP contribution in [0.15, 0.2) is 11.6 Å². The van der Waals surface area contributed by atoms with Gasteiger partial charge in [-0.15, -0.1) is 0 Å². The number of allylic oxidation sites excluding steroid dienone is 1. The third-order valence-electron chi connectivity index (χ3n) is 8.57. The first kappa shape index (κ1) is 16.5. The Bertz CT molecular complexity index is 634. The maximum absolute atomic E-state index is 13.5. The van der Waals surface area contributed by atoms with E-state index in [4.69, 9.17) is 9.47 Å². The predicted octanol–water partition coefficient (Wildman–Crippen LogP) is 3.23. The van der Waals surface area contributed by atoms with Gasteiger partial charge in [-0.1, -0.05) is 25.5 Å². The zero-order chi connectivity index (χ0) is 17.4. The predicted molar refractivity (Wildman–Crippen MR) is 92.7 cm³/mol. The lowest BCUT2D eigenvalue weighted by molar-refractivity contribution is -0.238. The van der Waals surface area contributed by atoms with Crippen molar-refractivity contribution in [2.45, 2.75) is 70.7 Å². The first-order chi connectivity index (χ1) is 11.9. The van der Waals surface area contributed by atoms with Crippen LogP contribution >= 0.6 is 0 Å². The van der Waals surface area contributed by atoms with E-state index in [1.807, 2.05) is 0 Å². The number of carbonyl (C=O) groups is 1.